The number of aromatic nitrogens is 2. The second-order valence-electron chi connectivity index (χ2n) is 3.56. The number of carbonyl (C=O) groups is 1. The average Bonchev–Trinajstić information content (AvgIpc) is 2.98. The highest BCUT2D eigenvalue weighted by molar-refractivity contribution is 7.22. The van der Waals surface area contributed by atoms with E-state index < -0.39 is 0 Å². The number of hydrogen-bond donors (Lipinski definition) is 1. The van der Waals surface area contributed by atoms with E-state index in [-0.39, 0.29) is 5.91 Å². The number of nitrogens with zero attached hydrogens (tertiary/aromatic N) is 2. The maximum absolute atomic E-state index is 12.1. The van der Waals surface area contributed by atoms with Crippen molar-refractivity contribution in [2.45, 2.75) is 0 Å². The molecule has 0 spiro atoms. The highest BCUT2D eigenvalue weighted by atomic mass is 35.5. The number of rotatable bonds is 2. The van der Waals surface area contributed by atoms with Gasteiger partial charge in [-0.3, -0.25) is 10.1 Å². The third-order valence-electron chi connectivity index (χ3n) is 2.39. The first-order valence-electron chi connectivity index (χ1n) is 5.11. The summed E-state index contributed by atoms with van der Waals surface area (Å²) in [6.07, 6.45) is 0. The number of hydrogen-bond acceptors (Lipinski definition) is 5. The summed E-state index contributed by atoms with van der Waals surface area (Å²) in [5.74, 6) is -0.306. The second-order valence-corrected chi connectivity index (χ2v) is 6.23. The molecule has 0 bridgehead atoms. The summed E-state index contributed by atoms with van der Waals surface area (Å²) in [4.78, 5) is 12.5. The van der Waals surface area contributed by atoms with Crippen molar-refractivity contribution in [1.29, 1.82) is 0 Å². The van der Waals surface area contributed by atoms with Crippen molar-refractivity contribution < 1.29 is 4.79 Å². The summed E-state index contributed by atoms with van der Waals surface area (Å²) < 4.78 is 0.875. The Morgan fingerprint density at radius 2 is 2.16 bits per heavy atom. The van der Waals surface area contributed by atoms with E-state index in [9.17, 15) is 4.79 Å². The van der Waals surface area contributed by atoms with Gasteiger partial charge in [-0.05, 0) is 12.1 Å². The van der Waals surface area contributed by atoms with Crippen LogP contribution in [-0.4, -0.2) is 16.1 Å². The monoisotopic (exact) mass is 329 g/mol. The van der Waals surface area contributed by atoms with Crippen LogP contribution in [0.25, 0.3) is 10.1 Å². The first-order valence-corrected chi connectivity index (χ1v) is 7.56. The normalized spacial score (nSPS) is 10.8. The molecule has 0 unspecified atom stereocenters. The molecule has 4 nitrogen and oxygen atoms in total. The van der Waals surface area contributed by atoms with Crippen molar-refractivity contribution in [1.82, 2.24) is 10.2 Å². The summed E-state index contributed by atoms with van der Waals surface area (Å²) in [5, 5.41) is 12.1. The van der Waals surface area contributed by atoms with Crippen molar-refractivity contribution in [3.05, 3.63) is 38.6 Å². The molecule has 3 aromatic rings. The lowest BCUT2D eigenvalue weighted by Gasteiger charge is -1.98. The number of benzene rings is 1. The lowest BCUT2D eigenvalue weighted by molar-refractivity contribution is 0.103. The molecule has 19 heavy (non-hydrogen) atoms. The van der Waals surface area contributed by atoms with Crippen LogP contribution in [0.5, 0.6) is 0 Å². The zero-order chi connectivity index (χ0) is 13.4. The highest BCUT2D eigenvalue weighted by Gasteiger charge is 2.19. The van der Waals surface area contributed by atoms with Crippen molar-refractivity contribution >= 4 is 67.0 Å². The smallest absolute Gasteiger partial charge is 0.269 e. The number of amides is 1. The topological polar surface area (TPSA) is 54.9 Å². The molecule has 0 saturated carbocycles. The third-order valence-corrected chi connectivity index (χ3v) is 4.96. The molecule has 1 amide bonds. The standard InChI is InChI=1S/C11H5Cl2N3OS2/c12-5-2-1-3-6-7(5)8(13)9(19-6)10(17)15-11-16-14-4-18-11/h1-4H,(H,15,16,17). The van der Waals surface area contributed by atoms with Crippen LogP contribution < -0.4 is 5.32 Å². The van der Waals surface area contributed by atoms with Crippen molar-refractivity contribution in [3.8, 4) is 0 Å². The Balaban J connectivity index is 2.03. The van der Waals surface area contributed by atoms with Crippen molar-refractivity contribution in [2.75, 3.05) is 5.32 Å². The minimum atomic E-state index is -0.306. The van der Waals surface area contributed by atoms with E-state index in [0.29, 0.717) is 25.4 Å². The minimum absolute atomic E-state index is 0.306. The zero-order valence-electron chi connectivity index (χ0n) is 9.18. The molecule has 0 radical (unpaired) electrons. The molecule has 8 heteroatoms. The molecule has 1 aromatic carbocycles. The van der Waals surface area contributed by atoms with E-state index >= 15 is 0 Å². The fraction of sp³-hybridized carbons (Fsp3) is 0. The highest BCUT2D eigenvalue weighted by Crippen LogP contribution is 2.39. The number of thiophene rings is 1. The predicted molar refractivity (Wildman–Crippen MR) is 79.7 cm³/mol. The molecule has 0 aliphatic rings. The van der Waals surface area contributed by atoms with Crippen molar-refractivity contribution in [2.24, 2.45) is 0 Å². The van der Waals surface area contributed by atoms with Crippen LogP contribution in [0.2, 0.25) is 10.0 Å². The lowest BCUT2D eigenvalue weighted by atomic mass is 10.2. The number of carbonyl (C=O) groups excluding carboxylic acids is 1. The molecule has 0 atom stereocenters. The second kappa shape index (κ2) is 5.05. The Kier molecular flexibility index (Phi) is 3.40. The van der Waals surface area contributed by atoms with E-state index in [2.05, 4.69) is 15.5 Å². The molecular weight excluding hydrogens is 325 g/mol. The van der Waals surface area contributed by atoms with E-state index in [1.165, 1.54) is 22.7 Å². The molecule has 2 aromatic heterocycles. The van der Waals surface area contributed by atoms with E-state index in [0.717, 1.165) is 4.70 Å². The number of halogens is 2. The SMILES string of the molecule is O=C(Nc1nncs1)c1sc2cccc(Cl)c2c1Cl. The fourth-order valence-corrected chi connectivity index (χ4v) is 3.89. The van der Waals surface area contributed by atoms with Gasteiger partial charge < -0.3 is 0 Å². The van der Waals surface area contributed by atoms with Crippen LogP contribution in [0.3, 0.4) is 0 Å². The molecule has 3 rings (SSSR count). The van der Waals surface area contributed by atoms with Gasteiger partial charge in [-0.15, -0.1) is 21.5 Å². The summed E-state index contributed by atoms with van der Waals surface area (Å²) in [5.41, 5.74) is 1.54. The molecule has 1 N–H and O–H groups in total. The van der Waals surface area contributed by atoms with Gasteiger partial charge in [0, 0.05) is 10.1 Å². The van der Waals surface area contributed by atoms with Gasteiger partial charge in [0.2, 0.25) is 5.13 Å². The van der Waals surface area contributed by atoms with Crippen LogP contribution in [0.4, 0.5) is 5.13 Å². The third kappa shape index (κ3) is 2.32. The lowest BCUT2D eigenvalue weighted by Crippen LogP contribution is -2.10. The van der Waals surface area contributed by atoms with Gasteiger partial charge in [0.05, 0.1) is 10.0 Å². The quantitative estimate of drug-likeness (QED) is 0.762. The Morgan fingerprint density at radius 1 is 1.32 bits per heavy atom. The van der Waals surface area contributed by atoms with Crippen molar-refractivity contribution in [3.63, 3.8) is 0 Å². The predicted octanol–water partition coefficient (Wildman–Crippen LogP) is 4.31. The van der Waals surface area contributed by atoms with Crippen LogP contribution in [0, 0.1) is 0 Å². The summed E-state index contributed by atoms with van der Waals surface area (Å²) in [6.45, 7) is 0. The van der Waals surface area contributed by atoms with Gasteiger partial charge in [-0.25, -0.2) is 0 Å². The minimum Gasteiger partial charge on any atom is -0.296 e. The first-order chi connectivity index (χ1) is 9.16. The molecule has 0 aliphatic carbocycles. The zero-order valence-corrected chi connectivity index (χ0v) is 12.3. The van der Waals surface area contributed by atoms with Gasteiger partial charge in [-0.1, -0.05) is 40.6 Å². The maximum atomic E-state index is 12.1. The first kappa shape index (κ1) is 12.8. The molecule has 0 aliphatic heterocycles. The van der Waals surface area contributed by atoms with Crippen LogP contribution >= 0.6 is 45.9 Å². The maximum Gasteiger partial charge on any atom is 0.269 e. The van der Waals surface area contributed by atoms with Gasteiger partial charge in [0.25, 0.3) is 5.91 Å². The molecule has 0 fully saturated rings. The van der Waals surface area contributed by atoms with E-state index in [1.54, 1.807) is 11.6 Å². The Morgan fingerprint density at radius 3 is 2.84 bits per heavy atom. The van der Waals surface area contributed by atoms with Gasteiger partial charge in [-0.2, -0.15) is 0 Å². The Labute approximate surface area is 126 Å². The van der Waals surface area contributed by atoms with Gasteiger partial charge >= 0.3 is 0 Å². The Bertz CT molecular complexity index is 755. The fourth-order valence-electron chi connectivity index (χ4n) is 1.60. The summed E-state index contributed by atoms with van der Waals surface area (Å²) in [6, 6.07) is 5.44. The van der Waals surface area contributed by atoms with Gasteiger partial charge in [0.1, 0.15) is 10.4 Å². The largest absolute Gasteiger partial charge is 0.296 e. The average molecular weight is 330 g/mol. The summed E-state index contributed by atoms with van der Waals surface area (Å²) in [7, 11) is 0. The van der Waals surface area contributed by atoms with E-state index in [4.69, 9.17) is 23.2 Å². The van der Waals surface area contributed by atoms with Crippen LogP contribution in [0.15, 0.2) is 23.7 Å². The van der Waals surface area contributed by atoms with Crippen LogP contribution in [-0.2, 0) is 0 Å². The Hall–Kier alpha value is -1.21. The molecule has 2 heterocycles. The molecule has 0 saturated heterocycles. The number of anilines is 1. The molecule has 96 valence electrons. The van der Waals surface area contributed by atoms with E-state index in [1.807, 2.05) is 12.1 Å². The molecular formula is C11H5Cl2N3OS2. The summed E-state index contributed by atoms with van der Waals surface area (Å²) >= 11 is 14.9. The number of nitrogens with one attached hydrogen (secondary N) is 1. The number of fused-ring (bicyclic) bond motifs is 1. The van der Waals surface area contributed by atoms with Crippen LogP contribution in [0.1, 0.15) is 9.67 Å². The van der Waals surface area contributed by atoms with Gasteiger partial charge in [0.15, 0.2) is 0 Å².